The molecule has 1 aliphatic rings. The smallest absolute Gasteiger partial charge is 0.322 e. The number of carbonyl (C=O) groups excluding carboxylic acids is 2. The minimum atomic E-state index is -0.584. The van der Waals surface area contributed by atoms with E-state index in [1.807, 2.05) is 0 Å². The van der Waals surface area contributed by atoms with Gasteiger partial charge in [0.15, 0.2) is 0 Å². The molecule has 1 saturated heterocycles. The molecule has 9 heteroatoms. The summed E-state index contributed by atoms with van der Waals surface area (Å²) in [6.07, 6.45) is 0.0402. The largest absolute Gasteiger partial charge is 0.403 e. The third-order valence-electron chi connectivity index (χ3n) is 4.36. The lowest BCUT2D eigenvalue weighted by molar-refractivity contribution is -0.122. The van der Waals surface area contributed by atoms with E-state index in [9.17, 15) is 14.0 Å². The molecule has 3 aromatic rings. The number of carbonyl (C=O) groups is 2. The molecule has 4 rings (SSSR count). The average Bonchev–Trinajstić information content (AvgIpc) is 3.29. The molecule has 1 atom stereocenters. The number of nitrogens with one attached hydrogen (secondary N) is 1. The average molecular weight is 401 g/mol. The number of nitrogens with zero attached hydrogens (tertiary/aromatic N) is 3. The number of halogens is 2. The first-order valence-electron chi connectivity index (χ1n) is 8.46. The number of benzene rings is 2. The van der Waals surface area contributed by atoms with E-state index >= 15 is 0 Å². The predicted octanol–water partition coefficient (Wildman–Crippen LogP) is 3.52. The minimum Gasteiger partial charge on any atom is -0.403 e. The fraction of sp³-hybridized carbons (Fsp3) is 0.158. The first kappa shape index (κ1) is 18.1. The first-order valence-corrected chi connectivity index (χ1v) is 8.83. The van der Waals surface area contributed by atoms with Crippen LogP contribution >= 0.6 is 11.6 Å². The van der Waals surface area contributed by atoms with Gasteiger partial charge in [-0.25, -0.2) is 4.39 Å². The summed E-state index contributed by atoms with van der Waals surface area (Å²) in [7, 11) is 0. The van der Waals surface area contributed by atoms with Crippen LogP contribution in [0.5, 0.6) is 0 Å². The quantitative estimate of drug-likeness (QED) is 0.723. The second-order valence-electron chi connectivity index (χ2n) is 6.29. The zero-order valence-corrected chi connectivity index (χ0v) is 15.2. The highest BCUT2D eigenvalue weighted by atomic mass is 35.5. The SMILES string of the molecule is O=C(Nc1nnc(-c2cccc(Cl)c2)o1)[C@H]1CC(=O)N(c2ccc(F)cc2)C1. The Hall–Kier alpha value is -3.26. The van der Waals surface area contributed by atoms with Crippen LogP contribution in [0.2, 0.25) is 5.02 Å². The molecule has 28 heavy (non-hydrogen) atoms. The summed E-state index contributed by atoms with van der Waals surface area (Å²) < 4.78 is 18.5. The Bertz CT molecular complexity index is 1040. The second kappa shape index (κ2) is 7.40. The van der Waals surface area contributed by atoms with Crippen LogP contribution in [0.15, 0.2) is 52.9 Å². The molecule has 1 N–H and O–H groups in total. The van der Waals surface area contributed by atoms with Crippen molar-refractivity contribution in [2.75, 3.05) is 16.8 Å². The van der Waals surface area contributed by atoms with Crippen molar-refractivity contribution in [1.82, 2.24) is 10.2 Å². The van der Waals surface area contributed by atoms with E-state index < -0.39 is 17.6 Å². The van der Waals surface area contributed by atoms with Gasteiger partial charge in [-0.1, -0.05) is 22.8 Å². The zero-order valence-electron chi connectivity index (χ0n) is 14.4. The van der Waals surface area contributed by atoms with E-state index in [0.29, 0.717) is 16.3 Å². The van der Waals surface area contributed by atoms with Crippen molar-refractivity contribution in [1.29, 1.82) is 0 Å². The zero-order chi connectivity index (χ0) is 19.7. The molecule has 2 heterocycles. The van der Waals surface area contributed by atoms with Gasteiger partial charge < -0.3 is 9.32 Å². The van der Waals surface area contributed by atoms with Crippen molar-refractivity contribution in [3.63, 3.8) is 0 Å². The molecular formula is C19H14ClFN4O3. The summed E-state index contributed by atoms with van der Waals surface area (Å²) in [5.74, 6) is -1.37. The van der Waals surface area contributed by atoms with Crippen LogP contribution in [-0.4, -0.2) is 28.6 Å². The van der Waals surface area contributed by atoms with Gasteiger partial charge in [-0.2, -0.15) is 0 Å². The molecule has 0 bridgehead atoms. The van der Waals surface area contributed by atoms with Crippen molar-refractivity contribution >= 4 is 35.1 Å². The highest BCUT2D eigenvalue weighted by Crippen LogP contribution is 2.27. The van der Waals surface area contributed by atoms with Crippen molar-refractivity contribution in [3.8, 4) is 11.5 Å². The maximum Gasteiger partial charge on any atom is 0.322 e. The van der Waals surface area contributed by atoms with E-state index in [-0.39, 0.29) is 30.8 Å². The Morgan fingerprint density at radius 1 is 1.21 bits per heavy atom. The highest BCUT2D eigenvalue weighted by molar-refractivity contribution is 6.30. The number of rotatable bonds is 4. The summed E-state index contributed by atoms with van der Waals surface area (Å²) in [6.45, 7) is 0.186. The molecule has 1 fully saturated rings. The molecular weight excluding hydrogens is 387 g/mol. The van der Waals surface area contributed by atoms with Gasteiger partial charge in [-0.15, -0.1) is 5.10 Å². The Morgan fingerprint density at radius 3 is 2.75 bits per heavy atom. The van der Waals surface area contributed by atoms with Crippen LogP contribution in [0.4, 0.5) is 16.1 Å². The fourth-order valence-electron chi connectivity index (χ4n) is 2.97. The molecule has 1 aromatic heterocycles. The molecule has 0 aliphatic carbocycles. The topological polar surface area (TPSA) is 88.3 Å². The summed E-state index contributed by atoms with van der Waals surface area (Å²) >= 11 is 5.94. The van der Waals surface area contributed by atoms with Gasteiger partial charge in [0.05, 0.1) is 5.92 Å². The maximum absolute atomic E-state index is 13.1. The van der Waals surface area contributed by atoms with Gasteiger partial charge in [0, 0.05) is 29.2 Å². The third kappa shape index (κ3) is 3.72. The lowest BCUT2D eigenvalue weighted by atomic mass is 10.1. The highest BCUT2D eigenvalue weighted by Gasteiger charge is 2.35. The van der Waals surface area contributed by atoms with Crippen LogP contribution in [0.1, 0.15) is 6.42 Å². The van der Waals surface area contributed by atoms with E-state index in [4.69, 9.17) is 16.0 Å². The normalized spacial score (nSPS) is 16.4. The summed E-state index contributed by atoms with van der Waals surface area (Å²) in [6, 6.07) is 12.4. The number of hydrogen-bond donors (Lipinski definition) is 1. The Kier molecular flexibility index (Phi) is 4.79. The summed E-state index contributed by atoms with van der Waals surface area (Å²) in [5.41, 5.74) is 1.17. The second-order valence-corrected chi connectivity index (χ2v) is 6.73. The van der Waals surface area contributed by atoms with Crippen LogP contribution in [0, 0.1) is 11.7 Å². The predicted molar refractivity (Wildman–Crippen MR) is 100 cm³/mol. The standard InChI is InChI=1S/C19H14ClFN4O3/c20-13-3-1-2-11(8-13)18-23-24-19(28-18)22-17(27)12-9-16(26)25(10-12)15-6-4-14(21)5-7-15/h1-8,12H,9-10H2,(H,22,24,27)/t12-/m0/s1. The molecule has 1 aliphatic heterocycles. The van der Waals surface area contributed by atoms with Crippen molar-refractivity contribution in [2.24, 2.45) is 5.92 Å². The monoisotopic (exact) mass is 400 g/mol. The molecule has 2 aromatic carbocycles. The van der Waals surface area contributed by atoms with E-state index in [0.717, 1.165) is 0 Å². The minimum absolute atomic E-state index is 0.0402. The van der Waals surface area contributed by atoms with Gasteiger partial charge in [0.2, 0.25) is 17.7 Å². The Morgan fingerprint density at radius 2 is 2.00 bits per heavy atom. The lowest BCUT2D eigenvalue weighted by Gasteiger charge is -2.16. The number of hydrogen-bond acceptors (Lipinski definition) is 5. The van der Waals surface area contributed by atoms with E-state index in [2.05, 4.69) is 15.5 Å². The van der Waals surface area contributed by atoms with Crippen LogP contribution < -0.4 is 10.2 Å². The number of amides is 2. The van der Waals surface area contributed by atoms with Gasteiger partial charge in [-0.3, -0.25) is 14.9 Å². The number of aromatic nitrogens is 2. The first-order chi connectivity index (χ1) is 13.5. The van der Waals surface area contributed by atoms with Gasteiger partial charge in [-0.05, 0) is 42.5 Å². The molecule has 2 amide bonds. The molecule has 0 spiro atoms. The maximum atomic E-state index is 13.1. The molecule has 0 radical (unpaired) electrons. The van der Waals surface area contributed by atoms with Gasteiger partial charge >= 0.3 is 6.01 Å². The van der Waals surface area contributed by atoms with E-state index in [1.165, 1.54) is 29.2 Å². The Balaban J connectivity index is 1.43. The van der Waals surface area contributed by atoms with Gasteiger partial charge in [0.1, 0.15) is 5.82 Å². The van der Waals surface area contributed by atoms with Crippen LogP contribution in [0.3, 0.4) is 0 Å². The van der Waals surface area contributed by atoms with Crippen molar-refractivity contribution in [2.45, 2.75) is 6.42 Å². The molecule has 7 nitrogen and oxygen atoms in total. The fourth-order valence-corrected chi connectivity index (χ4v) is 3.16. The lowest BCUT2D eigenvalue weighted by Crippen LogP contribution is -2.28. The Labute approximate surface area is 164 Å². The summed E-state index contributed by atoms with van der Waals surface area (Å²) in [5, 5.41) is 10.8. The summed E-state index contributed by atoms with van der Waals surface area (Å²) in [4.78, 5) is 26.2. The number of anilines is 2. The van der Waals surface area contributed by atoms with Crippen molar-refractivity contribution < 1.29 is 18.4 Å². The van der Waals surface area contributed by atoms with Crippen LogP contribution in [0.25, 0.3) is 11.5 Å². The van der Waals surface area contributed by atoms with E-state index in [1.54, 1.807) is 24.3 Å². The molecule has 0 saturated carbocycles. The third-order valence-corrected chi connectivity index (χ3v) is 4.60. The van der Waals surface area contributed by atoms with Gasteiger partial charge in [0.25, 0.3) is 0 Å². The van der Waals surface area contributed by atoms with Crippen LogP contribution in [-0.2, 0) is 9.59 Å². The van der Waals surface area contributed by atoms with Crippen molar-refractivity contribution in [3.05, 3.63) is 59.4 Å². The molecule has 142 valence electrons. The molecule has 0 unspecified atom stereocenters.